The van der Waals surface area contributed by atoms with Crippen LogP contribution in [0.1, 0.15) is 37.1 Å². The van der Waals surface area contributed by atoms with Crippen LogP contribution in [0.3, 0.4) is 0 Å². The molecular formula is C13H22N4O. The van der Waals surface area contributed by atoms with Crippen LogP contribution in [-0.4, -0.2) is 34.3 Å². The number of aromatic nitrogens is 2. The summed E-state index contributed by atoms with van der Waals surface area (Å²) in [6.45, 7) is 2.93. The van der Waals surface area contributed by atoms with Crippen LogP contribution in [0, 0.1) is 6.92 Å². The van der Waals surface area contributed by atoms with E-state index in [1.54, 1.807) is 0 Å². The predicted octanol–water partition coefficient (Wildman–Crippen LogP) is 0.985. The van der Waals surface area contributed by atoms with Crippen molar-refractivity contribution in [2.24, 2.45) is 5.73 Å². The molecule has 1 heterocycles. The fourth-order valence-electron chi connectivity index (χ4n) is 2.60. The summed E-state index contributed by atoms with van der Waals surface area (Å²) in [4.78, 5) is 10.7. The molecule has 2 rings (SSSR count). The minimum Gasteiger partial charge on any atom is -0.388 e. The summed E-state index contributed by atoms with van der Waals surface area (Å²) in [5, 5.41) is 10.4. The lowest BCUT2D eigenvalue weighted by atomic mass is 10.0. The van der Waals surface area contributed by atoms with Gasteiger partial charge in [0.25, 0.3) is 0 Å². The number of hydrogen-bond donors (Lipinski definition) is 2. The summed E-state index contributed by atoms with van der Waals surface area (Å²) in [6, 6.07) is 1.89. The number of likely N-dealkylation sites (N-methyl/N-ethyl adjacent to an activating group) is 1. The van der Waals surface area contributed by atoms with Crippen LogP contribution < -0.4 is 10.6 Å². The quantitative estimate of drug-likeness (QED) is 0.833. The van der Waals surface area contributed by atoms with Crippen LogP contribution in [0.5, 0.6) is 0 Å². The van der Waals surface area contributed by atoms with Crippen molar-refractivity contribution in [1.82, 2.24) is 9.97 Å². The number of anilines is 1. The van der Waals surface area contributed by atoms with Gasteiger partial charge in [-0.3, -0.25) is 0 Å². The van der Waals surface area contributed by atoms with Gasteiger partial charge in [0.05, 0.1) is 11.3 Å². The van der Waals surface area contributed by atoms with Gasteiger partial charge in [-0.1, -0.05) is 12.8 Å². The molecule has 1 saturated carbocycles. The van der Waals surface area contributed by atoms with E-state index in [1.807, 2.05) is 24.9 Å². The average molecular weight is 250 g/mol. The van der Waals surface area contributed by atoms with Gasteiger partial charge in [0, 0.05) is 25.8 Å². The fraction of sp³-hybridized carbons (Fsp3) is 0.692. The molecule has 5 nitrogen and oxygen atoms in total. The molecule has 1 aliphatic rings. The summed E-state index contributed by atoms with van der Waals surface area (Å²) in [5.74, 6) is 0.649. The molecule has 1 aromatic rings. The maximum absolute atomic E-state index is 10.4. The van der Waals surface area contributed by atoms with Crippen molar-refractivity contribution in [3.05, 3.63) is 17.5 Å². The molecule has 1 aliphatic carbocycles. The molecule has 3 N–H and O–H groups in total. The van der Waals surface area contributed by atoms with Gasteiger partial charge in [0.1, 0.15) is 0 Å². The molecule has 0 radical (unpaired) electrons. The van der Waals surface area contributed by atoms with Crippen LogP contribution in [0.2, 0.25) is 0 Å². The summed E-state index contributed by atoms with van der Waals surface area (Å²) in [6.07, 6.45) is 3.94. The molecule has 0 saturated heterocycles. The predicted molar refractivity (Wildman–Crippen MR) is 71.3 cm³/mol. The summed E-state index contributed by atoms with van der Waals surface area (Å²) in [5.41, 5.74) is 6.78. The normalized spacial score (nSPS) is 18.0. The van der Waals surface area contributed by atoms with Gasteiger partial charge in [0.2, 0.25) is 5.95 Å². The SMILES string of the molecule is Cc1cc(CN)nc(N(C)CC2(O)CCCC2)n1. The molecule has 1 aromatic heterocycles. The highest BCUT2D eigenvalue weighted by Gasteiger charge is 2.32. The first-order valence-electron chi connectivity index (χ1n) is 6.50. The van der Waals surface area contributed by atoms with E-state index < -0.39 is 5.60 Å². The smallest absolute Gasteiger partial charge is 0.225 e. The van der Waals surface area contributed by atoms with Gasteiger partial charge >= 0.3 is 0 Å². The lowest BCUT2D eigenvalue weighted by molar-refractivity contribution is 0.0556. The molecule has 0 aromatic carbocycles. The van der Waals surface area contributed by atoms with E-state index >= 15 is 0 Å². The van der Waals surface area contributed by atoms with E-state index in [-0.39, 0.29) is 0 Å². The standard InChI is InChI=1S/C13H22N4O/c1-10-7-11(8-14)16-12(15-10)17(2)9-13(18)5-3-4-6-13/h7,18H,3-6,8-9,14H2,1-2H3. The Morgan fingerprint density at radius 3 is 2.67 bits per heavy atom. The highest BCUT2D eigenvalue weighted by atomic mass is 16.3. The second kappa shape index (κ2) is 5.20. The zero-order chi connectivity index (χ0) is 13.2. The third kappa shape index (κ3) is 2.97. The van der Waals surface area contributed by atoms with E-state index in [1.165, 1.54) is 0 Å². The first-order valence-corrected chi connectivity index (χ1v) is 6.50. The van der Waals surface area contributed by atoms with Crippen LogP contribution in [0.15, 0.2) is 6.07 Å². The third-order valence-electron chi connectivity index (χ3n) is 3.51. The maximum atomic E-state index is 10.4. The highest BCUT2D eigenvalue weighted by molar-refractivity contribution is 5.32. The number of hydrogen-bond acceptors (Lipinski definition) is 5. The van der Waals surface area contributed by atoms with Crippen molar-refractivity contribution in [2.45, 2.75) is 44.8 Å². The van der Waals surface area contributed by atoms with Crippen molar-refractivity contribution in [3.63, 3.8) is 0 Å². The Balaban J connectivity index is 2.12. The Labute approximate surface area is 108 Å². The van der Waals surface area contributed by atoms with Gasteiger partial charge in [-0.05, 0) is 25.8 Å². The Kier molecular flexibility index (Phi) is 3.82. The number of rotatable bonds is 4. The average Bonchev–Trinajstić information content (AvgIpc) is 2.74. The molecular weight excluding hydrogens is 228 g/mol. The summed E-state index contributed by atoms with van der Waals surface area (Å²) < 4.78 is 0. The maximum Gasteiger partial charge on any atom is 0.225 e. The largest absolute Gasteiger partial charge is 0.388 e. The highest BCUT2D eigenvalue weighted by Crippen LogP contribution is 2.30. The molecule has 5 heteroatoms. The molecule has 18 heavy (non-hydrogen) atoms. The Hall–Kier alpha value is -1.20. The number of nitrogens with zero attached hydrogens (tertiary/aromatic N) is 3. The molecule has 1 fully saturated rings. The molecule has 0 unspecified atom stereocenters. The van der Waals surface area contributed by atoms with E-state index in [0.717, 1.165) is 37.1 Å². The van der Waals surface area contributed by atoms with Crippen LogP contribution in [0.4, 0.5) is 5.95 Å². The van der Waals surface area contributed by atoms with Gasteiger partial charge in [0.15, 0.2) is 0 Å². The van der Waals surface area contributed by atoms with Crippen molar-refractivity contribution in [1.29, 1.82) is 0 Å². The van der Waals surface area contributed by atoms with Crippen LogP contribution >= 0.6 is 0 Å². The lowest BCUT2D eigenvalue weighted by Gasteiger charge is -2.28. The number of aryl methyl sites for hydroxylation is 1. The van der Waals surface area contributed by atoms with Crippen LogP contribution in [-0.2, 0) is 6.54 Å². The molecule has 0 atom stereocenters. The zero-order valence-corrected chi connectivity index (χ0v) is 11.2. The third-order valence-corrected chi connectivity index (χ3v) is 3.51. The van der Waals surface area contributed by atoms with Crippen molar-refractivity contribution < 1.29 is 5.11 Å². The van der Waals surface area contributed by atoms with Gasteiger partial charge in [-0.15, -0.1) is 0 Å². The van der Waals surface area contributed by atoms with Gasteiger partial charge in [-0.25, -0.2) is 9.97 Å². The molecule has 0 amide bonds. The van der Waals surface area contributed by atoms with E-state index in [9.17, 15) is 5.11 Å². The second-order valence-corrected chi connectivity index (χ2v) is 5.29. The molecule has 0 spiro atoms. The zero-order valence-electron chi connectivity index (χ0n) is 11.2. The Bertz CT molecular complexity index is 415. The fourth-order valence-corrected chi connectivity index (χ4v) is 2.60. The number of nitrogens with two attached hydrogens (primary N) is 1. The lowest BCUT2D eigenvalue weighted by Crippen LogP contribution is -2.40. The first kappa shape index (κ1) is 13.2. The molecule has 0 aliphatic heterocycles. The van der Waals surface area contributed by atoms with Crippen molar-refractivity contribution in [3.8, 4) is 0 Å². The molecule has 0 bridgehead atoms. The van der Waals surface area contributed by atoms with E-state index in [2.05, 4.69) is 9.97 Å². The minimum atomic E-state index is -0.579. The van der Waals surface area contributed by atoms with Crippen molar-refractivity contribution >= 4 is 5.95 Å². The monoisotopic (exact) mass is 250 g/mol. The van der Waals surface area contributed by atoms with Gasteiger partial charge in [-0.2, -0.15) is 0 Å². The molecule has 100 valence electrons. The Morgan fingerprint density at radius 1 is 1.39 bits per heavy atom. The summed E-state index contributed by atoms with van der Waals surface area (Å²) in [7, 11) is 1.92. The van der Waals surface area contributed by atoms with Gasteiger partial charge < -0.3 is 15.7 Å². The minimum absolute atomic E-state index is 0.411. The van der Waals surface area contributed by atoms with Crippen molar-refractivity contribution in [2.75, 3.05) is 18.5 Å². The second-order valence-electron chi connectivity index (χ2n) is 5.29. The first-order chi connectivity index (χ1) is 8.52. The van der Waals surface area contributed by atoms with E-state index in [4.69, 9.17) is 5.73 Å². The number of aliphatic hydroxyl groups is 1. The van der Waals surface area contributed by atoms with Crippen LogP contribution in [0.25, 0.3) is 0 Å². The van der Waals surface area contributed by atoms with E-state index in [0.29, 0.717) is 19.0 Å². The topological polar surface area (TPSA) is 75.3 Å². The Morgan fingerprint density at radius 2 is 2.06 bits per heavy atom. The summed E-state index contributed by atoms with van der Waals surface area (Å²) >= 11 is 0.